The van der Waals surface area contributed by atoms with E-state index in [9.17, 15) is 4.79 Å². The van der Waals surface area contributed by atoms with Crippen molar-refractivity contribution >= 4 is 17.5 Å². The number of methoxy groups -OCH3 is 1. The lowest BCUT2D eigenvalue weighted by atomic mass is 10.1. The first-order chi connectivity index (χ1) is 13.0. The largest absolute Gasteiger partial charge is 0.497 e. The minimum absolute atomic E-state index is 0.0335. The van der Waals surface area contributed by atoms with Crippen molar-refractivity contribution in [3.63, 3.8) is 0 Å². The zero-order valence-electron chi connectivity index (χ0n) is 15.3. The van der Waals surface area contributed by atoms with Crippen molar-refractivity contribution in [2.45, 2.75) is 19.8 Å². The number of amides is 1. The van der Waals surface area contributed by atoms with Crippen LogP contribution in [-0.2, 0) is 17.6 Å². The highest BCUT2D eigenvalue weighted by atomic mass is 35.5. The maximum Gasteiger partial charge on any atom is 0.226 e. The molecule has 1 aromatic heterocycles. The Balaban J connectivity index is 1.54. The van der Waals surface area contributed by atoms with Gasteiger partial charge in [0.05, 0.1) is 19.2 Å². The Kier molecular flexibility index (Phi) is 6.14. The summed E-state index contributed by atoms with van der Waals surface area (Å²) < 4.78 is 10.9. The van der Waals surface area contributed by atoms with E-state index in [1.54, 1.807) is 19.2 Å². The molecular weight excluding hydrogens is 364 g/mol. The summed E-state index contributed by atoms with van der Waals surface area (Å²) in [7, 11) is 1.63. The number of halogens is 1. The predicted molar refractivity (Wildman–Crippen MR) is 105 cm³/mol. The number of aryl methyl sites for hydroxylation is 1. The Morgan fingerprint density at radius 1 is 1.15 bits per heavy atom. The molecule has 0 aliphatic rings. The number of hydrogen-bond donors (Lipinski definition) is 1. The van der Waals surface area contributed by atoms with Gasteiger partial charge in [-0.25, -0.2) is 4.98 Å². The van der Waals surface area contributed by atoms with Gasteiger partial charge >= 0.3 is 0 Å². The van der Waals surface area contributed by atoms with E-state index < -0.39 is 0 Å². The average molecular weight is 385 g/mol. The van der Waals surface area contributed by atoms with Gasteiger partial charge in [0.25, 0.3) is 0 Å². The van der Waals surface area contributed by atoms with E-state index in [0.29, 0.717) is 30.3 Å². The standard InChI is InChI=1S/C21H21ClN2O3/c1-14-19(24-21(27-14)16-5-9-18(26-2)10-6-16)11-12-23-20(25)13-15-3-7-17(22)8-4-15/h3-10H,11-13H2,1-2H3,(H,23,25). The quantitative estimate of drug-likeness (QED) is 0.662. The molecule has 0 unspecified atom stereocenters. The van der Waals surface area contributed by atoms with Gasteiger partial charge in [0.1, 0.15) is 11.5 Å². The summed E-state index contributed by atoms with van der Waals surface area (Å²) in [6.07, 6.45) is 0.934. The molecule has 0 aliphatic heterocycles. The number of rotatable bonds is 7. The van der Waals surface area contributed by atoms with Gasteiger partial charge in [0.2, 0.25) is 11.8 Å². The molecule has 1 N–H and O–H groups in total. The van der Waals surface area contributed by atoms with Crippen molar-refractivity contribution in [3.8, 4) is 17.2 Å². The van der Waals surface area contributed by atoms with Crippen molar-refractivity contribution < 1.29 is 13.9 Å². The lowest BCUT2D eigenvalue weighted by molar-refractivity contribution is -0.120. The SMILES string of the molecule is COc1ccc(-c2nc(CCNC(=O)Cc3ccc(Cl)cc3)c(C)o2)cc1. The van der Waals surface area contributed by atoms with Crippen LogP contribution in [0.4, 0.5) is 0 Å². The number of hydrogen-bond acceptors (Lipinski definition) is 4. The molecule has 0 bridgehead atoms. The van der Waals surface area contributed by atoms with Crippen LogP contribution in [0.1, 0.15) is 17.0 Å². The van der Waals surface area contributed by atoms with Crippen LogP contribution in [0.5, 0.6) is 5.75 Å². The third-order valence-corrected chi connectivity index (χ3v) is 4.44. The first-order valence-corrected chi connectivity index (χ1v) is 9.05. The van der Waals surface area contributed by atoms with E-state index in [0.717, 1.165) is 28.3 Å². The zero-order valence-corrected chi connectivity index (χ0v) is 16.0. The second kappa shape index (κ2) is 8.73. The molecule has 1 heterocycles. The van der Waals surface area contributed by atoms with E-state index in [1.165, 1.54) is 0 Å². The van der Waals surface area contributed by atoms with Crippen molar-refractivity contribution in [1.29, 1.82) is 0 Å². The van der Waals surface area contributed by atoms with Crippen LogP contribution in [-0.4, -0.2) is 24.5 Å². The molecule has 6 heteroatoms. The maximum absolute atomic E-state index is 12.1. The number of carbonyl (C=O) groups is 1. The van der Waals surface area contributed by atoms with Gasteiger partial charge in [-0.15, -0.1) is 0 Å². The smallest absolute Gasteiger partial charge is 0.226 e. The van der Waals surface area contributed by atoms with Gasteiger partial charge in [-0.1, -0.05) is 23.7 Å². The summed E-state index contributed by atoms with van der Waals surface area (Å²) in [6.45, 7) is 2.38. The average Bonchev–Trinajstić information content (AvgIpc) is 3.04. The van der Waals surface area contributed by atoms with Crippen LogP contribution in [0.15, 0.2) is 52.9 Å². The Bertz CT molecular complexity index is 902. The highest BCUT2D eigenvalue weighted by Gasteiger charge is 2.12. The first kappa shape index (κ1) is 19.0. The van der Waals surface area contributed by atoms with Crippen LogP contribution < -0.4 is 10.1 Å². The summed E-state index contributed by atoms with van der Waals surface area (Å²) in [5.74, 6) is 2.07. The van der Waals surface area contributed by atoms with E-state index in [2.05, 4.69) is 10.3 Å². The van der Waals surface area contributed by atoms with Gasteiger partial charge in [0.15, 0.2) is 0 Å². The zero-order chi connectivity index (χ0) is 19.2. The van der Waals surface area contributed by atoms with Gasteiger partial charge in [-0.05, 0) is 48.9 Å². The third kappa shape index (κ3) is 5.11. The van der Waals surface area contributed by atoms with Gasteiger partial charge in [-0.2, -0.15) is 0 Å². The number of carbonyl (C=O) groups excluding carboxylic acids is 1. The van der Waals surface area contributed by atoms with Crippen molar-refractivity contribution in [2.24, 2.45) is 0 Å². The first-order valence-electron chi connectivity index (χ1n) is 8.67. The second-order valence-electron chi connectivity index (χ2n) is 6.15. The predicted octanol–water partition coefficient (Wildman–Crippen LogP) is 4.21. The van der Waals surface area contributed by atoms with Gasteiger partial charge in [0, 0.05) is 23.6 Å². The van der Waals surface area contributed by atoms with E-state index in [1.807, 2.05) is 43.3 Å². The number of benzene rings is 2. The monoisotopic (exact) mass is 384 g/mol. The molecule has 2 aromatic carbocycles. The molecule has 0 spiro atoms. The minimum atomic E-state index is -0.0335. The summed E-state index contributed by atoms with van der Waals surface area (Å²) in [5.41, 5.74) is 2.65. The van der Waals surface area contributed by atoms with Crippen molar-refractivity contribution in [3.05, 3.63) is 70.6 Å². The molecule has 0 saturated carbocycles. The third-order valence-electron chi connectivity index (χ3n) is 4.19. The Hall–Kier alpha value is -2.79. The molecule has 0 atom stereocenters. The fourth-order valence-corrected chi connectivity index (χ4v) is 2.81. The highest BCUT2D eigenvalue weighted by Crippen LogP contribution is 2.24. The fraction of sp³-hybridized carbons (Fsp3) is 0.238. The summed E-state index contributed by atoms with van der Waals surface area (Å²) in [6, 6.07) is 14.8. The molecule has 3 aromatic rings. The van der Waals surface area contributed by atoms with Gasteiger partial charge < -0.3 is 14.5 Å². The summed E-state index contributed by atoms with van der Waals surface area (Å²) in [5, 5.41) is 3.58. The molecule has 5 nitrogen and oxygen atoms in total. The molecule has 3 rings (SSSR count). The topological polar surface area (TPSA) is 64.4 Å². The lowest BCUT2D eigenvalue weighted by Crippen LogP contribution is -2.27. The second-order valence-corrected chi connectivity index (χ2v) is 6.59. The molecule has 27 heavy (non-hydrogen) atoms. The molecule has 0 radical (unpaired) electrons. The van der Waals surface area contributed by atoms with Gasteiger partial charge in [-0.3, -0.25) is 4.79 Å². The molecule has 1 amide bonds. The molecular formula is C21H21ClN2O3. The van der Waals surface area contributed by atoms with Crippen molar-refractivity contribution in [1.82, 2.24) is 10.3 Å². The number of oxazole rings is 1. The molecule has 0 fully saturated rings. The van der Waals surface area contributed by atoms with Crippen LogP contribution in [0.3, 0.4) is 0 Å². The van der Waals surface area contributed by atoms with Crippen LogP contribution in [0.25, 0.3) is 11.5 Å². The number of nitrogens with zero attached hydrogens (tertiary/aromatic N) is 1. The van der Waals surface area contributed by atoms with Crippen LogP contribution in [0, 0.1) is 6.92 Å². The van der Waals surface area contributed by atoms with E-state index in [4.69, 9.17) is 20.8 Å². The molecule has 140 valence electrons. The van der Waals surface area contributed by atoms with Crippen molar-refractivity contribution in [2.75, 3.05) is 13.7 Å². The van der Waals surface area contributed by atoms with E-state index in [-0.39, 0.29) is 5.91 Å². The summed E-state index contributed by atoms with van der Waals surface area (Å²) >= 11 is 5.85. The lowest BCUT2D eigenvalue weighted by Gasteiger charge is -2.04. The normalized spacial score (nSPS) is 10.6. The maximum atomic E-state index is 12.1. The number of aromatic nitrogens is 1. The summed E-state index contributed by atoms with van der Waals surface area (Å²) in [4.78, 5) is 16.6. The molecule has 0 aliphatic carbocycles. The number of nitrogens with one attached hydrogen (secondary N) is 1. The molecule has 0 saturated heterocycles. The van der Waals surface area contributed by atoms with Crippen LogP contribution >= 0.6 is 11.6 Å². The highest BCUT2D eigenvalue weighted by molar-refractivity contribution is 6.30. The Labute approximate surface area is 163 Å². The van der Waals surface area contributed by atoms with Crippen LogP contribution in [0.2, 0.25) is 5.02 Å². The minimum Gasteiger partial charge on any atom is -0.497 e. The Morgan fingerprint density at radius 3 is 2.52 bits per heavy atom. The number of ether oxygens (including phenoxy) is 1. The Morgan fingerprint density at radius 2 is 1.85 bits per heavy atom. The van der Waals surface area contributed by atoms with E-state index >= 15 is 0 Å². The fourth-order valence-electron chi connectivity index (χ4n) is 2.69.